The van der Waals surface area contributed by atoms with E-state index in [-0.39, 0.29) is 28.4 Å². The third kappa shape index (κ3) is 4.41. The Balaban J connectivity index is 2.20. The molecule has 0 radical (unpaired) electrons. The first kappa shape index (κ1) is 17.2. The molecule has 1 amide bonds. The second-order valence-electron chi connectivity index (χ2n) is 4.80. The van der Waals surface area contributed by atoms with Crippen LogP contribution in [-0.4, -0.2) is 10.8 Å². The van der Waals surface area contributed by atoms with Gasteiger partial charge in [0.15, 0.2) is 0 Å². The van der Waals surface area contributed by atoms with Crippen LogP contribution in [0.25, 0.3) is 6.08 Å². The van der Waals surface area contributed by atoms with Crippen LogP contribution in [0.15, 0.2) is 54.1 Å². The summed E-state index contributed by atoms with van der Waals surface area (Å²) in [5.74, 6) is -0.580. The summed E-state index contributed by atoms with van der Waals surface area (Å²) in [5.41, 5.74) is 0.759. The standard InChI is InChI=1S/C17H12ClN3O3/c18-16-7-6-15(21(23)24)9-13(16)8-14(10-19)17(22)20-11-12-4-2-1-3-5-12/h1-9H,11H2,(H,20,22). The molecular weight excluding hydrogens is 330 g/mol. The molecule has 0 heterocycles. The number of nitrogens with one attached hydrogen (secondary N) is 1. The van der Waals surface area contributed by atoms with E-state index in [1.54, 1.807) is 6.07 Å². The molecule has 2 rings (SSSR count). The van der Waals surface area contributed by atoms with E-state index < -0.39 is 10.8 Å². The Morgan fingerprint density at radius 2 is 2.00 bits per heavy atom. The number of carbonyl (C=O) groups excluding carboxylic acids is 1. The number of benzene rings is 2. The molecule has 2 aromatic carbocycles. The quantitative estimate of drug-likeness (QED) is 0.390. The van der Waals surface area contributed by atoms with Gasteiger partial charge in [-0.15, -0.1) is 0 Å². The molecule has 0 fully saturated rings. The van der Waals surface area contributed by atoms with E-state index in [9.17, 15) is 14.9 Å². The number of rotatable bonds is 5. The maximum absolute atomic E-state index is 12.1. The highest BCUT2D eigenvalue weighted by molar-refractivity contribution is 6.32. The Kier molecular flexibility index (Phi) is 5.66. The molecule has 6 nitrogen and oxygen atoms in total. The average molecular weight is 342 g/mol. The first-order valence-electron chi connectivity index (χ1n) is 6.89. The molecular formula is C17H12ClN3O3. The van der Waals surface area contributed by atoms with Crippen LogP contribution in [0.4, 0.5) is 5.69 Å². The average Bonchev–Trinajstić information content (AvgIpc) is 2.59. The number of nitro groups is 1. The van der Waals surface area contributed by atoms with Gasteiger partial charge >= 0.3 is 0 Å². The van der Waals surface area contributed by atoms with Crippen molar-refractivity contribution in [2.24, 2.45) is 0 Å². The summed E-state index contributed by atoms with van der Waals surface area (Å²) in [7, 11) is 0. The lowest BCUT2D eigenvalue weighted by atomic mass is 10.1. The predicted molar refractivity (Wildman–Crippen MR) is 90.0 cm³/mol. The number of hydrogen-bond donors (Lipinski definition) is 1. The zero-order chi connectivity index (χ0) is 17.5. The second kappa shape index (κ2) is 7.90. The molecule has 0 aliphatic heterocycles. The summed E-state index contributed by atoms with van der Waals surface area (Å²) in [6.07, 6.45) is 1.23. The number of amides is 1. The summed E-state index contributed by atoms with van der Waals surface area (Å²) in [6, 6.07) is 14.8. The third-order valence-corrected chi connectivity index (χ3v) is 3.50. The first-order chi connectivity index (χ1) is 11.5. The number of non-ortho nitro benzene ring substituents is 1. The summed E-state index contributed by atoms with van der Waals surface area (Å²) < 4.78 is 0. The zero-order valence-corrected chi connectivity index (χ0v) is 13.2. The fraction of sp³-hybridized carbons (Fsp3) is 0.0588. The summed E-state index contributed by atoms with van der Waals surface area (Å²) >= 11 is 5.97. The van der Waals surface area contributed by atoms with Crippen molar-refractivity contribution in [3.8, 4) is 6.07 Å². The van der Waals surface area contributed by atoms with Crippen molar-refractivity contribution in [1.82, 2.24) is 5.32 Å². The molecule has 0 atom stereocenters. The fourth-order valence-corrected chi connectivity index (χ4v) is 2.10. The van der Waals surface area contributed by atoms with Crippen molar-refractivity contribution in [3.63, 3.8) is 0 Å². The minimum atomic E-state index is -0.580. The van der Waals surface area contributed by atoms with Crippen LogP contribution in [0.3, 0.4) is 0 Å². The Hall–Kier alpha value is -3.17. The molecule has 0 aromatic heterocycles. The number of halogens is 1. The van der Waals surface area contributed by atoms with E-state index in [0.717, 1.165) is 5.56 Å². The first-order valence-corrected chi connectivity index (χ1v) is 7.27. The van der Waals surface area contributed by atoms with Gasteiger partial charge in [-0.2, -0.15) is 5.26 Å². The molecule has 0 saturated carbocycles. The predicted octanol–water partition coefficient (Wildman–Crippen LogP) is 3.47. The van der Waals surface area contributed by atoms with Crippen molar-refractivity contribution in [2.75, 3.05) is 0 Å². The van der Waals surface area contributed by atoms with Crippen LogP contribution >= 0.6 is 11.6 Å². The van der Waals surface area contributed by atoms with E-state index in [1.807, 2.05) is 30.3 Å². The largest absolute Gasteiger partial charge is 0.347 e. The van der Waals surface area contributed by atoms with Gasteiger partial charge in [0.05, 0.1) is 4.92 Å². The normalized spacial score (nSPS) is 10.8. The van der Waals surface area contributed by atoms with Gasteiger partial charge in [-0.05, 0) is 17.7 Å². The number of carbonyl (C=O) groups is 1. The van der Waals surface area contributed by atoms with Crippen molar-refractivity contribution in [1.29, 1.82) is 5.26 Å². The van der Waals surface area contributed by atoms with Crippen LogP contribution in [-0.2, 0) is 11.3 Å². The maximum atomic E-state index is 12.1. The molecule has 2 aromatic rings. The fourth-order valence-electron chi connectivity index (χ4n) is 1.93. The van der Waals surface area contributed by atoms with E-state index >= 15 is 0 Å². The highest BCUT2D eigenvalue weighted by Crippen LogP contribution is 2.24. The van der Waals surface area contributed by atoms with Crippen molar-refractivity contribution >= 4 is 29.3 Å². The minimum absolute atomic E-state index is 0.173. The summed E-state index contributed by atoms with van der Waals surface area (Å²) in [5, 5.41) is 22.8. The highest BCUT2D eigenvalue weighted by atomic mass is 35.5. The lowest BCUT2D eigenvalue weighted by molar-refractivity contribution is -0.384. The van der Waals surface area contributed by atoms with Gasteiger partial charge in [-0.25, -0.2) is 0 Å². The van der Waals surface area contributed by atoms with Crippen molar-refractivity contribution in [2.45, 2.75) is 6.54 Å². The molecule has 0 saturated heterocycles. The van der Waals surface area contributed by atoms with Crippen LogP contribution in [0.1, 0.15) is 11.1 Å². The van der Waals surface area contributed by atoms with E-state index in [2.05, 4.69) is 5.32 Å². The lowest BCUT2D eigenvalue weighted by Crippen LogP contribution is -2.23. The van der Waals surface area contributed by atoms with E-state index in [0.29, 0.717) is 0 Å². The topological polar surface area (TPSA) is 96.0 Å². The number of nitrogens with zero attached hydrogens (tertiary/aromatic N) is 2. The summed E-state index contributed by atoms with van der Waals surface area (Å²) in [4.78, 5) is 22.3. The molecule has 1 N–H and O–H groups in total. The van der Waals surface area contributed by atoms with Crippen LogP contribution in [0, 0.1) is 21.4 Å². The third-order valence-electron chi connectivity index (χ3n) is 3.15. The lowest BCUT2D eigenvalue weighted by Gasteiger charge is -2.05. The molecule has 0 unspecified atom stereocenters. The minimum Gasteiger partial charge on any atom is -0.347 e. The van der Waals surface area contributed by atoms with Gasteiger partial charge in [-0.3, -0.25) is 14.9 Å². The Bertz CT molecular complexity index is 842. The number of hydrogen-bond acceptors (Lipinski definition) is 4. The Morgan fingerprint density at radius 1 is 1.29 bits per heavy atom. The number of nitro benzene ring substituents is 1. The second-order valence-corrected chi connectivity index (χ2v) is 5.21. The zero-order valence-electron chi connectivity index (χ0n) is 12.4. The monoisotopic (exact) mass is 341 g/mol. The molecule has 0 spiro atoms. The van der Waals surface area contributed by atoms with Gasteiger partial charge in [0.2, 0.25) is 0 Å². The molecule has 7 heteroatoms. The van der Waals surface area contributed by atoms with Crippen molar-refractivity contribution in [3.05, 3.63) is 80.4 Å². The van der Waals surface area contributed by atoms with E-state index in [1.165, 1.54) is 24.3 Å². The number of nitriles is 1. The Labute approximate surface area is 143 Å². The molecule has 0 aliphatic carbocycles. The molecule has 0 bridgehead atoms. The van der Waals surface area contributed by atoms with E-state index in [4.69, 9.17) is 16.9 Å². The highest BCUT2D eigenvalue weighted by Gasteiger charge is 2.13. The van der Waals surface area contributed by atoms with Gasteiger partial charge in [-0.1, -0.05) is 41.9 Å². The Morgan fingerprint density at radius 3 is 2.62 bits per heavy atom. The van der Waals surface area contributed by atoms with Gasteiger partial charge in [0.25, 0.3) is 11.6 Å². The smallest absolute Gasteiger partial charge is 0.270 e. The molecule has 24 heavy (non-hydrogen) atoms. The SMILES string of the molecule is N#CC(=Cc1cc([N+](=O)[O-])ccc1Cl)C(=O)NCc1ccccc1. The van der Waals surface area contributed by atoms with Crippen LogP contribution in [0.2, 0.25) is 5.02 Å². The van der Waals surface area contributed by atoms with Crippen LogP contribution < -0.4 is 5.32 Å². The van der Waals surface area contributed by atoms with Gasteiger partial charge in [0, 0.05) is 29.3 Å². The van der Waals surface area contributed by atoms with Crippen molar-refractivity contribution < 1.29 is 9.72 Å². The summed E-state index contributed by atoms with van der Waals surface area (Å²) in [6.45, 7) is 0.265. The van der Waals surface area contributed by atoms with Gasteiger partial charge < -0.3 is 5.32 Å². The molecule has 0 aliphatic rings. The van der Waals surface area contributed by atoms with Gasteiger partial charge in [0.1, 0.15) is 11.6 Å². The van der Waals surface area contributed by atoms with Crippen LogP contribution in [0.5, 0.6) is 0 Å². The maximum Gasteiger partial charge on any atom is 0.270 e. The molecule has 120 valence electrons.